The number of hydrogen-bond donors (Lipinski definition) is 1. The average molecular weight is 238 g/mol. The minimum atomic E-state index is -0.861. The van der Waals surface area contributed by atoms with Crippen LogP contribution in [0.5, 0.6) is 0 Å². The second kappa shape index (κ2) is 4.91. The van der Waals surface area contributed by atoms with Crippen LogP contribution in [-0.2, 0) is 9.54 Å². The van der Waals surface area contributed by atoms with Crippen molar-refractivity contribution in [2.75, 3.05) is 0 Å². The summed E-state index contributed by atoms with van der Waals surface area (Å²) in [5.41, 5.74) is 1.95. The Labute approximate surface area is 101 Å². The maximum absolute atomic E-state index is 11.4. The SMILES string of the molecule is Cc1cccc(C(C)(SC(C)C)C(=O)O)c1. The Hall–Kier alpha value is -0.960. The number of rotatable bonds is 4. The van der Waals surface area contributed by atoms with E-state index in [9.17, 15) is 9.90 Å². The van der Waals surface area contributed by atoms with Gasteiger partial charge < -0.3 is 5.11 Å². The highest BCUT2D eigenvalue weighted by Gasteiger charge is 2.36. The average Bonchev–Trinajstić information content (AvgIpc) is 2.16. The van der Waals surface area contributed by atoms with Crippen molar-refractivity contribution in [3.63, 3.8) is 0 Å². The first-order chi connectivity index (χ1) is 7.36. The first kappa shape index (κ1) is 13.1. The Morgan fingerprint density at radius 3 is 2.50 bits per heavy atom. The number of carbonyl (C=O) groups is 1. The monoisotopic (exact) mass is 238 g/mol. The van der Waals surface area contributed by atoms with E-state index in [1.54, 1.807) is 6.92 Å². The van der Waals surface area contributed by atoms with E-state index in [1.165, 1.54) is 11.8 Å². The molecule has 16 heavy (non-hydrogen) atoms. The molecule has 1 aromatic rings. The van der Waals surface area contributed by atoms with Crippen LogP contribution in [0.1, 0.15) is 31.9 Å². The van der Waals surface area contributed by atoms with E-state index in [1.807, 2.05) is 45.0 Å². The lowest BCUT2D eigenvalue weighted by molar-refractivity contribution is -0.139. The lowest BCUT2D eigenvalue weighted by atomic mass is 9.98. The summed E-state index contributed by atoms with van der Waals surface area (Å²) in [7, 11) is 0. The molecule has 0 aliphatic rings. The van der Waals surface area contributed by atoms with E-state index in [4.69, 9.17) is 0 Å². The van der Waals surface area contributed by atoms with Gasteiger partial charge in [0.05, 0.1) is 0 Å². The molecule has 0 aliphatic heterocycles. The van der Waals surface area contributed by atoms with Crippen LogP contribution in [0.3, 0.4) is 0 Å². The first-order valence-corrected chi connectivity index (χ1v) is 6.22. The van der Waals surface area contributed by atoms with E-state index in [0.717, 1.165) is 11.1 Å². The standard InChI is InChI=1S/C13H18O2S/c1-9(2)16-13(4,12(14)15)11-7-5-6-10(3)8-11/h5-9H,1-4H3,(H,14,15). The summed E-state index contributed by atoms with van der Waals surface area (Å²) in [6.07, 6.45) is 0. The predicted molar refractivity (Wildman–Crippen MR) is 68.9 cm³/mol. The summed E-state index contributed by atoms with van der Waals surface area (Å²) in [5.74, 6) is -0.781. The van der Waals surface area contributed by atoms with Crippen LogP contribution in [0.2, 0.25) is 0 Å². The molecule has 3 heteroatoms. The van der Waals surface area contributed by atoms with Crippen LogP contribution in [0.4, 0.5) is 0 Å². The zero-order valence-corrected chi connectivity index (χ0v) is 11.0. The van der Waals surface area contributed by atoms with Crippen LogP contribution < -0.4 is 0 Å². The molecule has 0 aliphatic carbocycles. The largest absolute Gasteiger partial charge is 0.480 e. The molecule has 0 radical (unpaired) electrons. The molecule has 0 aromatic heterocycles. The highest BCUT2D eigenvalue weighted by atomic mass is 32.2. The van der Waals surface area contributed by atoms with Gasteiger partial charge in [-0.3, -0.25) is 4.79 Å². The normalized spacial score (nSPS) is 14.8. The zero-order chi connectivity index (χ0) is 12.3. The maximum Gasteiger partial charge on any atom is 0.324 e. The van der Waals surface area contributed by atoms with Gasteiger partial charge in [-0.05, 0) is 19.4 Å². The van der Waals surface area contributed by atoms with Crippen LogP contribution in [0, 0.1) is 6.92 Å². The van der Waals surface area contributed by atoms with E-state index < -0.39 is 10.7 Å². The van der Waals surface area contributed by atoms with E-state index in [0.29, 0.717) is 0 Å². The molecule has 0 bridgehead atoms. The van der Waals surface area contributed by atoms with Gasteiger partial charge in [-0.1, -0.05) is 43.7 Å². The van der Waals surface area contributed by atoms with E-state index in [-0.39, 0.29) is 5.25 Å². The molecule has 0 saturated carbocycles. The number of carboxylic acid groups (broad SMARTS) is 1. The molecule has 1 N–H and O–H groups in total. The minimum absolute atomic E-state index is 0.279. The highest BCUT2D eigenvalue weighted by Crippen LogP contribution is 2.39. The predicted octanol–water partition coefficient (Wildman–Crippen LogP) is 3.44. The summed E-state index contributed by atoms with van der Waals surface area (Å²) >= 11 is 1.47. The fourth-order valence-corrected chi connectivity index (χ4v) is 2.96. The molecule has 2 nitrogen and oxygen atoms in total. The third-order valence-corrected chi connectivity index (χ3v) is 3.80. The van der Waals surface area contributed by atoms with Gasteiger partial charge in [0, 0.05) is 5.25 Å². The van der Waals surface area contributed by atoms with Gasteiger partial charge in [-0.25, -0.2) is 0 Å². The molecule has 0 amide bonds. The van der Waals surface area contributed by atoms with Crippen LogP contribution in [-0.4, -0.2) is 16.3 Å². The number of aryl methyl sites for hydroxylation is 1. The van der Waals surface area contributed by atoms with Crippen LogP contribution in [0.15, 0.2) is 24.3 Å². The Balaban J connectivity index is 3.16. The third-order valence-electron chi connectivity index (χ3n) is 2.45. The highest BCUT2D eigenvalue weighted by molar-refractivity contribution is 8.01. The topological polar surface area (TPSA) is 37.3 Å². The lowest BCUT2D eigenvalue weighted by Gasteiger charge is -2.27. The van der Waals surface area contributed by atoms with Gasteiger partial charge in [-0.15, -0.1) is 11.8 Å². The Morgan fingerprint density at radius 2 is 2.06 bits per heavy atom. The second-order valence-corrected chi connectivity index (χ2v) is 6.37. The smallest absolute Gasteiger partial charge is 0.324 e. The lowest BCUT2D eigenvalue weighted by Crippen LogP contribution is -2.30. The van der Waals surface area contributed by atoms with Crippen molar-refractivity contribution in [3.05, 3.63) is 35.4 Å². The van der Waals surface area contributed by atoms with Crippen molar-refractivity contribution in [1.29, 1.82) is 0 Å². The van der Waals surface area contributed by atoms with Crippen molar-refractivity contribution in [1.82, 2.24) is 0 Å². The van der Waals surface area contributed by atoms with Gasteiger partial charge >= 0.3 is 5.97 Å². The van der Waals surface area contributed by atoms with Crippen LogP contribution in [0.25, 0.3) is 0 Å². The van der Waals surface area contributed by atoms with Crippen molar-refractivity contribution >= 4 is 17.7 Å². The van der Waals surface area contributed by atoms with Gasteiger partial charge in [0.1, 0.15) is 4.75 Å². The molecule has 1 rings (SSSR count). The Kier molecular flexibility index (Phi) is 4.03. The van der Waals surface area contributed by atoms with Crippen molar-refractivity contribution in [2.45, 2.75) is 37.7 Å². The van der Waals surface area contributed by atoms with Gasteiger partial charge in [0.25, 0.3) is 0 Å². The molecule has 0 heterocycles. The van der Waals surface area contributed by atoms with Gasteiger partial charge in [0.2, 0.25) is 0 Å². The summed E-state index contributed by atoms with van der Waals surface area (Å²) in [6.45, 7) is 7.78. The zero-order valence-electron chi connectivity index (χ0n) is 10.2. The summed E-state index contributed by atoms with van der Waals surface area (Å²) < 4.78 is -0.861. The summed E-state index contributed by atoms with van der Waals surface area (Å²) in [5, 5.41) is 9.68. The molecule has 88 valence electrons. The fourth-order valence-electron chi connectivity index (χ4n) is 1.66. The first-order valence-electron chi connectivity index (χ1n) is 5.34. The number of thioether (sulfide) groups is 1. The van der Waals surface area contributed by atoms with E-state index in [2.05, 4.69) is 0 Å². The third kappa shape index (κ3) is 2.79. The van der Waals surface area contributed by atoms with Gasteiger partial charge in [0.15, 0.2) is 0 Å². The molecule has 1 atom stereocenters. The Bertz CT molecular complexity index is 387. The van der Waals surface area contributed by atoms with Crippen molar-refractivity contribution in [3.8, 4) is 0 Å². The second-order valence-electron chi connectivity index (χ2n) is 4.37. The number of aliphatic carboxylic acids is 1. The quantitative estimate of drug-likeness (QED) is 0.873. The molecular weight excluding hydrogens is 220 g/mol. The molecule has 0 saturated heterocycles. The molecular formula is C13H18O2S. The Morgan fingerprint density at radius 1 is 1.44 bits per heavy atom. The summed E-state index contributed by atoms with van der Waals surface area (Å²) in [6, 6.07) is 7.72. The van der Waals surface area contributed by atoms with Gasteiger partial charge in [-0.2, -0.15) is 0 Å². The molecule has 1 aromatic carbocycles. The fraction of sp³-hybridized carbons (Fsp3) is 0.462. The van der Waals surface area contributed by atoms with Crippen LogP contribution >= 0.6 is 11.8 Å². The summed E-state index contributed by atoms with van der Waals surface area (Å²) in [4.78, 5) is 11.4. The molecule has 0 spiro atoms. The van der Waals surface area contributed by atoms with E-state index >= 15 is 0 Å². The minimum Gasteiger partial charge on any atom is -0.480 e. The molecule has 1 unspecified atom stereocenters. The van der Waals surface area contributed by atoms with Crippen molar-refractivity contribution < 1.29 is 9.90 Å². The van der Waals surface area contributed by atoms with Crippen molar-refractivity contribution in [2.24, 2.45) is 0 Å². The molecule has 0 fully saturated rings. The maximum atomic E-state index is 11.4. The number of carboxylic acids is 1. The number of hydrogen-bond acceptors (Lipinski definition) is 2. The number of benzene rings is 1.